The lowest BCUT2D eigenvalue weighted by Crippen LogP contribution is -2.20. The van der Waals surface area contributed by atoms with Crippen molar-refractivity contribution in [3.8, 4) is 11.1 Å². The number of aromatic nitrogens is 2. The minimum Gasteiger partial charge on any atom is -0.398 e. The van der Waals surface area contributed by atoms with Crippen LogP contribution in [0.1, 0.15) is 18.4 Å². The zero-order valence-electron chi connectivity index (χ0n) is 12.2. The number of hydrogen-bond donors (Lipinski definition) is 1. The molecule has 112 valence electrons. The Kier molecular flexibility index (Phi) is 3.92. The van der Waals surface area contributed by atoms with Crippen molar-refractivity contribution in [1.82, 2.24) is 9.78 Å². The number of nitrogens with two attached hydrogens (primary N) is 1. The number of aryl methyl sites for hydroxylation is 1. The van der Waals surface area contributed by atoms with Crippen LogP contribution in [0.15, 0.2) is 24.5 Å². The number of nitrogen functional groups attached to an aromatic ring is 1. The van der Waals surface area contributed by atoms with Gasteiger partial charge < -0.3 is 10.5 Å². The van der Waals surface area contributed by atoms with Crippen LogP contribution in [0.4, 0.5) is 10.1 Å². The molecular formula is C16H20FN3O. The predicted molar refractivity (Wildman–Crippen MR) is 80.3 cm³/mol. The summed E-state index contributed by atoms with van der Waals surface area (Å²) in [5.41, 5.74) is 8.43. The number of hydrogen-bond acceptors (Lipinski definition) is 3. The summed E-state index contributed by atoms with van der Waals surface area (Å²) >= 11 is 0. The molecule has 0 bridgehead atoms. The minimum atomic E-state index is -0.302. The van der Waals surface area contributed by atoms with Gasteiger partial charge >= 0.3 is 0 Å². The second-order valence-corrected chi connectivity index (χ2v) is 5.70. The van der Waals surface area contributed by atoms with Gasteiger partial charge in [0.05, 0.1) is 6.20 Å². The summed E-state index contributed by atoms with van der Waals surface area (Å²) in [6.45, 7) is 4.39. The van der Waals surface area contributed by atoms with E-state index in [1.165, 1.54) is 6.07 Å². The third-order valence-electron chi connectivity index (χ3n) is 4.09. The summed E-state index contributed by atoms with van der Waals surface area (Å²) in [5.74, 6) is 0.285. The van der Waals surface area contributed by atoms with Crippen molar-refractivity contribution in [3.63, 3.8) is 0 Å². The van der Waals surface area contributed by atoms with Crippen molar-refractivity contribution in [3.05, 3.63) is 35.9 Å². The maximum atomic E-state index is 14.1. The van der Waals surface area contributed by atoms with Crippen LogP contribution in [-0.4, -0.2) is 23.0 Å². The zero-order chi connectivity index (χ0) is 14.8. The molecule has 3 rings (SSSR count). The van der Waals surface area contributed by atoms with Gasteiger partial charge in [-0.25, -0.2) is 4.39 Å². The molecule has 1 fully saturated rings. The van der Waals surface area contributed by atoms with E-state index in [9.17, 15) is 4.39 Å². The molecule has 4 nitrogen and oxygen atoms in total. The lowest BCUT2D eigenvalue weighted by atomic mass is 10.0. The molecule has 1 aliphatic rings. The SMILES string of the molecule is Cc1cc(-c2cnn(CC3CCOCC3)c2)c(F)cc1N. The van der Waals surface area contributed by atoms with Crippen molar-refractivity contribution in [2.24, 2.45) is 5.92 Å². The first-order valence-electron chi connectivity index (χ1n) is 7.29. The average Bonchev–Trinajstić information content (AvgIpc) is 2.92. The Morgan fingerprint density at radius 3 is 2.90 bits per heavy atom. The lowest BCUT2D eigenvalue weighted by molar-refractivity contribution is 0.0601. The number of ether oxygens (including phenoxy) is 1. The Morgan fingerprint density at radius 2 is 2.14 bits per heavy atom. The second-order valence-electron chi connectivity index (χ2n) is 5.70. The molecule has 2 N–H and O–H groups in total. The van der Waals surface area contributed by atoms with Gasteiger partial charge in [0.15, 0.2) is 0 Å². The van der Waals surface area contributed by atoms with Crippen LogP contribution in [0.25, 0.3) is 11.1 Å². The van der Waals surface area contributed by atoms with E-state index in [1.54, 1.807) is 12.3 Å². The summed E-state index contributed by atoms with van der Waals surface area (Å²) < 4.78 is 21.3. The molecule has 0 saturated carbocycles. The maximum Gasteiger partial charge on any atom is 0.133 e. The van der Waals surface area contributed by atoms with Gasteiger partial charge in [-0.15, -0.1) is 0 Å². The number of anilines is 1. The molecule has 5 heteroatoms. The minimum absolute atomic E-state index is 0.302. The molecule has 1 aromatic heterocycles. The van der Waals surface area contributed by atoms with E-state index in [2.05, 4.69) is 5.10 Å². The largest absolute Gasteiger partial charge is 0.398 e. The van der Waals surface area contributed by atoms with Crippen molar-refractivity contribution in [2.45, 2.75) is 26.3 Å². The highest BCUT2D eigenvalue weighted by Crippen LogP contribution is 2.27. The number of benzene rings is 1. The summed E-state index contributed by atoms with van der Waals surface area (Å²) in [5, 5.41) is 4.36. The molecule has 0 unspecified atom stereocenters. The van der Waals surface area contributed by atoms with E-state index in [0.717, 1.165) is 43.7 Å². The van der Waals surface area contributed by atoms with E-state index >= 15 is 0 Å². The molecule has 0 radical (unpaired) electrons. The highest BCUT2D eigenvalue weighted by molar-refractivity contribution is 5.67. The Bertz CT molecular complexity index is 632. The highest BCUT2D eigenvalue weighted by atomic mass is 19.1. The fourth-order valence-corrected chi connectivity index (χ4v) is 2.71. The van der Waals surface area contributed by atoms with Gasteiger partial charge in [0, 0.05) is 42.8 Å². The van der Waals surface area contributed by atoms with E-state index in [4.69, 9.17) is 10.5 Å². The Balaban J connectivity index is 1.79. The first-order chi connectivity index (χ1) is 10.1. The van der Waals surface area contributed by atoms with Crippen LogP contribution in [0.2, 0.25) is 0 Å². The summed E-state index contributed by atoms with van der Waals surface area (Å²) in [6, 6.07) is 3.15. The third-order valence-corrected chi connectivity index (χ3v) is 4.09. The van der Waals surface area contributed by atoms with Gasteiger partial charge in [-0.3, -0.25) is 4.68 Å². The highest BCUT2D eigenvalue weighted by Gasteiger charge is 2.16. The quantitative estimate of drug-likeness (QED) is 0.884. The van der Waals surface area contributed by atoms with Crippen LogP contribution < -0.4 is 5.73 Å². The molecule has 2 aromatic rings. The molecule has 2 heterocycles. The van der Waals surface area contributed by atoms with Gasteiger partial charge in [0.1, 0.15) is 5.82 Å². The Morgan fingerprint density at radius 1 is 1.38 bits per heavy atom. The van der Waals surface area contributed by atoms with Gasteiger partial charge in [0.2, 0.25) is 0 Å². The standard InChI is InChI=1S/C16H20FN3O/c1-11-6-14(15(17)7-16(11)18)13-8-19-20(10-13)9-12-2-4-21-5-3-12/h6-8,10,12H,2-5,9,18H2,1H3. The summed E-state index contributed by atoms with van der Waals surface area (Å²) in [6.07, 6.45) is 5.74. The molecule has 1 aliphatic heterocycles. The predicted octanol–water partition coefficient (Wildman–Crippen LogP) is 3.01. The van der Waals surface area contributed by atoms with Crippen molar-refractivity contribution in [2.75, 3.05) is 18.9 Å². The summed E-state index contributed by atoms with van der Waals surface area (Å²) in [7, 11) is 0. The first kappa shape index (κ1) is 14.1. The van der Waals surface area contributed by atoms with Crippen molar-refractivity contribution >= 4 is 5.69 Å². The molecule has 0 aliphatic carbocycles. The topological polar surface area (TPSA) is 53.1 Å². The number of rotatable bonds is 3. The molecule has 0 amide bonds. The number of nitrogens with zero attached hydrogens (tertiary/aromatic N) is 2. The average molecular weight is 289 g/mol. The second kappa shape index (κ2) is 5.85. The monoisotopic (exact) mass is 289 g/mol. The lowest BCUT2D eigenvalue weighted by Gasteiger charge is -2.21. The van der Waals surface area contributed by atoms with Gasteiger partial charge in [0.25, 0.3) is 0 Å². The molecule has 0 atom stereocenters. The van der Waals surface area contributed by atoms with E-state index < -0.39 is 0 Å². The maximum absolute atomic E-state index is 14.1. The summed E-state index contributed by atoms with van der Waals surface area (Å²) in [4.78, 5) is 0. The molecular weight excluding hydrogens is 269 g/mol. The smallest absolute Gasteiger partial charge is 0.133 e. The Labute approximate surface area is 123 Å². The van der Waals surface area contributed by atoms with Gasteiger partial charge in [-0.2, -0.15) is 5.10 Å². The molecule has 21 heavy (non-hydrogen) atoms. The third kappa shape index (κ3) is 3.08. The Hall–Kier alpha value is -1.88. The van der Waals surface area contributed by atoms with E-state index in [1.807, 2.05) is 17.8 Å². The zero-order valence-corrected chi connectivity index (χ0v) is 12.2. The normalized spacial score (nSPS) is 16.3. The van der Waals surface area contributed by atoms with Gasteiger partial charge in [-0.05, 0) is 43.4 Å². The van der Waals surface area contributed by atoms with Crippen molar-refractivity contribution < 1.29 is 9.13 Å². The number of halogens is 1. The van der Waals surface area contributed by atoms with E-state index in [0.29, 0.717) is 17.2 Å². The van der Waals surface area contributed by atoms with Crippen LogP contribution >= 0.6 is 0 Å². The molecule has 0 spiro atoms. The fraction of sp³-hybridized carbons (Fsp3) is 0.438. The van der Waals surface area contributed by atoms with Gasteiger partial charge in [-0.1, -0.05) is 0 Å². The fourth-order valence-electron chi connectivity index (χ4n) is 2.71. The first-order valence-corrected chi connectivity index (χ1v) is 7.29. The van der Waals surface area contributed by atoms with E-state index in [-0.39, 0.29) is 5.82 Å². The van der Waals surface area contributed by atoms with Crippen LogP contribution in [0, 0.1) is 18.7 Å². The van der Waals surface area contributed by atoms with Crippen molar-refractivity contribution in [1.29, 1.82) is 0 Å². The van der Waals surface area contributed by atoms with Crippen LogP contribution in [0.3, 0.4) is 0 Å². The van der Waals surface area contributed by atoms with Crippen LogP contribution in [-0.2, 0) is 11.3 Å². The molecule has 1 saturated heterocycles. The molecule has 1 aromatic carbocycles. The van der Waals surface area contributed by atoms with Crippen LogP contribution in [0.5, 0.6) is 0 Å².